The van der Waals surface area contributed by atoms with Gasteiger partial charge in [-0.3, -0.25) is 9.59 Å². The third-order valence-corrected chi connectivity index (χ3v) is 5.84. The lowest BCUT2D eigenvalue weighted by atomic mass is 10.2. The van der Waals surface area contributed by atoms with Gasteiger partial charge in [-0.25, -0.2) is 12.7 Å². The number of anilines is 1. The Morgan fingerprint density at radius 3 is 2.29 bits per heavy atom. The highest BCUT2D eigenvalue weighted by Crippen LogP contribution is 2.27. The number of ether oxygens (including phenoxy) is 1. The number of carbonyl (C=O) groups excluding carboxylic acids is 2. The molecule has 0 aliphatic carbocycles. The van der Waals surface area contributed by atoms with Crippen LogP contribution in [0.3, 0.4) is 0 Å². The minimum absolute atomic E-state index is 0.0568. The maximum absolute atomic E-state index is 12.1. The number of hydrogen-bond donors (Lipinski definition) is 2. The normalized spacial score (nSPS) is 11.2. The largest absolute Gasteiger partial charge is 0.495 e. The molecule has 0 radical (unpaired) electrons. The molecule has 0 spiro atoms. The van der Waals surface area contributed by atoms with Crippen molar-refractivity contribution >= 4 is 39.1 Å². The first-order valence-corrected chi connectivity index (χ1v) is 9.91. The fraction of sp³-hybridized carbons (Fsp3) is 0.222. The number of rotatable bonds is 6. The van der Waals surface area contributed by atoms with Crippen LogP contribution in [0.15, 0.2) is 47.4 Å². The van der Waals surface area contributed by atoms with E-state index in [0.717, 1.165) is 4.31 Å². The summed E-state index contributed by atoms with van der Waals surface area (Å²) < 4.78 is 30.3. The van der Waals surface area contributed by atoms with Gasteiger partial charge < -0.3 is 15.4 Å². The van der Waals surface area contributed by atoms with Crippen LogP contribution in [0.4, 0.5) is 5.69 Å². The molecule has 0 aliphatic heterocycles. The summed E-state index contributed by atoms with van der Waals surface area (Å²) >= 11 is 5.89. The van der Waals surface area contributed by atoms with E-state index in [9.17, 15) is 18.0 Å². The molecule has 2 amide bonds. The van der Waals surface area contributed by atoms with E-state index in [1.54, 1.807) is 24.3 Å². The first kappa shape index (κ1) is 21.7. The van der Waals surface area contributed by atoms with Gasteiger partial charge in [0.1, 0.15) is 5.75 Å². The topological polar surface area (TPSA) is 105 Å². The minimum Gasteiger partial charge on any atom is -0.495 e. The highest BCUT2D eigenvalue weighted by Gasteiger charge is 2.18. The summed E-state index contributed by atoms with van der Waals surface area (Å²) in [5.74, 6) is -1.37. The van der Waals surface area contributed by atoms with Gasteiger partial charge in [-0.05, 0) is 35.9 Å². The van der Waals surface area contributed by atoms with E-state index in [0.29, 0.717) is 16.3 Å². The van der Waals surface area contributed by atoms with Crippen LogP contribution in [0, 0.1) is 0 Å². The second-order valence-corrected chi connectivity index (χ2v) is 8.50. The van der Waals surface area contributed by atoms with Crippen LogP contribution >= 0.6 is 11.6 Å². The highest BCUT2D eigenvalue weighted by atomic mass is 35.5. The molecule has 150 valence electrons. The molecule has 2 aromatic carbocycles. The summed E-state index contributed by atoms with van der Waals surface area (Å²) in [6.45, 7) is 0.0568. The van der Waals surface area contributed by atoms with Crippen molar-refractivity contribution < 1.29 is 22.7 Å². The molecule has 0 fully saturated rings. The van der Waals surface area contributed by atoms with Gasteiger partial charge in [-0.15, -0.1) is 0 Å². The first-order chi connectivity index (χ1) is 13.1. The lowest BCUT2D eigenvalue weighted by molar-refractivity contribution is -0.136. The lowest BCUT2D eigenvalue weighted by Gasteiger charge is -2.12. The highest BCUT2D eigenvalue weighted by molar-refractivity contribution is 7.89. The molecule has 2 aromatic rings. The van der Waals surface area contributed by atoms with Crippen molar-refractivity contribution in [3.63, 3.8) is 0 Å². The molecule has 0 aromatic heterocycles. The molecule has 8 nitrogen and oxygen atoms in total. The summed E-state index contributed by atoms with van der Waals surface area (Å²) in [6, 6.07) is 10.6. The Morgan fingerprint density at radius 2 is 1.71 bits per heavy atom. The fourth-order valence-corrected chi connectivity index (χ4v) is 3.28. The van der Waals surface area contributed by atoms with E-state index in [2.05, 4.69) is 10.6 Å². The van der Waals surface area contributed by atoms with Gasteiger partial charge in [0, 0.05) is 25.7 Å². The second-order valence-electron chi connectivity index (χ2n) is 5.91. The molecule has 28 heavy (non-hydrogen) atoms. The Morgan fingerprint density at radius 1 is 1.07 bits per heavy atom. The third kappa shape index (κ3) is 5.22. The van der Waals surface area contributed by atoms with Gasteiger partial charge in [0.15, 0.2) is 0 Å². The molecule has 2 N–H and O–H groups in total. The van der Waals surface area contributed by atoms with Crippen molar-refractivity contribution in [2.24, 2.45) is 0 Å². The minimum atomic E-state index is -3.52. The summed E-state index contributed by atoms with van der Waals surface area (Å²) in [6.07, 6.45) is 0. The third-order valence-electron chi connectivity index (χ3n) is 3.77. The van der Waals surface area contributed by atoms with E-state index in [4.69, 9.17) is 16.3 Å². The van der Waals surface area contributed by atoms with Crippen molar-refractivity contribution in [3.05, 3.63) is 53.1 Å². The number of nitrogens with one attached hydrogen (secondary N) is 2. The number of carbonyl (C=O) groups is 2. The van der Waals surface area contributed by atoms with Gasteiger partial charge in [-0.1, -0.05) is 23.7 Å². The summed E-state index contributed by atoms with van der Waals surface area (Å²) in [5.41, 5.74) is 0.910. The second kappa shape index (κ2) is 9.05. The van der Waals surface area contributed by atoms with Crippen molar-refractivity contribution in [1.82, 2.24) is 9.62 Å². The molecule has 0 saturated carbocycles. The molecule has 0 unspecified atom stereocenters. The van der Waals surface area contributed by atoms with E-state index in [1.807, 2.05) is 0 Å². The van der Waals surface area contributed by atoms with Gasteiger partial charge in [0.25, 0.3) is 0 Å². The van der Waals surface area contributed by atoms with Crippen LogP contribution in [0.5, 0.6) is 5.75 Å². The van der Waals surface area contributed by atoms with Crippen molar-refractivity contribution in [2.75, 3.05) is 26.5 Å². The smallest absolute Gasteiger partial charge is 0.313 e. The van der Waals surface area contributed by atoms with E-state index < -0.39 is 21.8 Å². The van der Waals surface area contributed by atoms with Crippen LogP contribution in [0.1, 0.15) is 5.56 Å². The van der Waals surface area contributed by atoms with Crippen molar-refractivity contribution in [3.8, 4) is 5.75 Å². The van der Waals surface area contributed by atoms with Crippen LogP contribution in [0.2, 0.25) is 5.02 Å². The first-order valence-electron chi connectivity index (χ1n) is 8.09. The lowest BCUT2D eigenvalue weighted by Crippen LogP contribution is -2.35. The average Bonchev–Trinajstić information content (AvgIpc) is 2.66. The number of nitrogens with zero attached hydrogens (tertiary/aromatic N) is 1. The standard InChI is InChI=1S/C18H20ClN3O5S/c1-22(2)28(25,26)14-7-4-12(5-8-14)11-20-17(23)18(24)21-15-10-13(19)6-9-16(15)27-3/h4-10H,11H2,1-3H3,(H,20,23)(H,21,24). The quantitative estimate of drug-likeness (QED) is 0.687. The zero-order valence-electron chi connectivity index (χ0n) is 15.5. The van der Waals surface area contributed by atoms with E-state index in [1.165, 1.54) is 39.4 Å². The number of hydrogen-bond acceptors (Lipinski definition) is 5. The average molecular weight is 426 g/mol. The molecular formula is C18H20ClN3O5S. The van der Waals surface area contributed by atoms with Gasteiger partial charge in [0.2, 0.25) is 10.0 Å². The predicted molar refractivity (Wildman–Crippen MR) is 106 cm³/mol. The number of benzene rings is 2. The van der Waals surface area contributed by atoms with Crippen LogP contribution in [-0.2, 0) is 26.2 Å². The van der Waals surface area contributed by atoms with Gasteiger partial charge in [-0.2, -0.15) is 0 Å². The van der Waals surface area contributed by atoms with E-state index in [-0.39, 0.29) is 17.1 Å². The number of methoxy groups -OCH3 is 1. The molecule has 0 atom stereocenters. The molecule has 0 saturated heterocycles. The van der Waals surface area contributed by atoms with Crippen molar-refractivity contribution in [2.45, 2.75) is 11.4 Å². The molecule has 0 aliphatic rings. The van der Waals surface area contributed by atoms with Gasteiger partial charge >= 0.3 is 11.8 Å². The monoisotopic (exact) mass is 425 g/mol. The van der Waals surface area contributed by atoms with Crippen molar-refractivity contribution in [1.29, 1.82) is 0 Å². The molecule has 0 heterocycles. The summed E-state index contributed by atoms with van der Waals surface area (Å²) in [5, 5.41) is 5.28. The number of halogens is 1. The zero-order valence-corrected chi connectivity index (χ0v) is 17.1. The van der Waals surface area contributed by atoms with Crippen LogP contribution in [-0.4, -0.2) is 45.7 Å². The Kier molecular flexibility index (Phi) is 7.00. The van der Waals surface area contributed by atoms with Crippen LogP contribution < -0.4 is 15.4 Å². The molecule has 2 rings (SSSR count). The summed E-state index contributed by atoms with van der Waals surface area (Å²) in [4.78, 5) is 24.2. The number of sulfonamides is 1. The SMILES string of the molecule is COc1ccc(Cl)cc1NC(=O)C(=O)NCc1ccc(S(=O)(=O)N(C)C)cc1. The number of amides is 2. The Balaban J connectivity index is 1.98. The predicted octanol–water partition coefficient (Wildman–Crippen LogP) is 1.85. The Hall–Kier alpha value is -2.62. The fourth-order valence-electron chi connectivity index (χ4n) is 2.21. The maximum atomic E-state index is 12.1. The maximum Gasteiger partial charge on any atom is 0.313 e. The zero-order chi connectivity index (χ0) is 20.9. The molecular weight excluding hydrogens is 406 g/mol. The van der Waals surface area contributed by atoms with Crippen LogP contribution in [0.25, 0.3) is 0 Å². The Labute approximate surface area is 168 Å². The molecule has 10 heteroatoms. The Bertz CT molecular complexity index is 975. The van der Waals surface area contributed by atoms with Gasteiger partial charge in [0.05, 0.1) is 17.7 Å². The summed E-state index contributed by atoms with van der Waals surface area (Å²) in [7, 11) is 0.789. The molecule has 0 bridgehead atoms. The van der Waals surface area contributed by atoms with E-state index >= 15 is 0 Å².